The van der Waals surface area contributed by atoms with E-state index in [1.54, 1.807) is 11.5 Å². The average Bonchev–Trinajstić information content (AvgIpc) is 2.72. The maximum atomic E-state index is 11.8. The molecule has 1 atom stereocenters. The third kappa shape index (κ3) is 3.94. The van der Waals surface area contributed by atoms with Gasteiger partial charge in [0.05, 0.1) is 0 Å². The monoisotopic (exact) mass is 307 g/mol. The summed E-state index contributed by atoms with van der Waals surface area (Å²) >= 11 is 0. The number of hydrogen-bond acceptors (Lipinski definition) is 4. The Labute approximate surface area is 117 Å². The lowest BCUT2D eigenvalue weighted by Gasteiger charge is -2.15. The molecule has 108 valence electrons. The standard InChI is InChI=1S/C11H18ClN3O3S/c1-4-6-9-14-10(19(12,17)18)7-15(9)8(3)11(16)13-5-2/h7-8H,4-6H2,1-3H3,(H,13,16). The molecule has 0 aliphatic heterocycles. The van der Waals surface area contributed by atoms with Gasteiger partial charge in [-0.05, 0) is 20.3 Å². The highest BCUT2D eigenvalue weighted by Crippen LogP contribution is 2.19. The molecule has 1 heterocycles. The van der Waals surface area contributed by atoms with Crippen LogP contribution in [0.2, 0.25) is 0 Å². The number of imidazole rings is 1. The second kappa shape index (κ2) is 6.38. The van der Waals surface area contributed by atoms with Gasteiger partial charge in [0.25, 0.3) is 9.05 Å². The van der Waals surface area contributed by atoms with Crippen molar-refractivity contribution in [3.63, 3.8) is 0 Å². The number of likely N-dealkylation sites (N-methyl/N-ethyl adjacent to an activating group) is 1. The van der Waals surface area contributed by atoms with E-state index in [4.69, 9.17) is 10.7 Å². The molecule has 1 N–H and O–H groups in total. The summed E-state index contributed by atoms with van der Waals surface area (Å²) in [5.41, 5.74) is 0. The Kier molecular flexibility index (Phi) is 5.37. The molecule has 19 heavy (non-hydrogen) atoms. The molecule has 1 amide bonds. The van der Waals surface area contributed by atoms with Gasteiger partial charge < -0.3 is 9.88 Å². The van der Waals surface area contributed by atoms with Crippen LogP contribution in [-0.2, 0) is 20.3 Å². The van der Waals surface area contributed by atoms with E-state index in [0.717, 1.165) is 6.42 Å². The zero-order valence-corrected chi connectivity index (χ0v) is 12.8. The lowest BCUT2D eigenvalue weighted by Crippen LogP contribution is -2.31. The van der Waals surface area contributed by atoms with Crippen molar-refractivity contribution in [1.29, 1.82) is 0 Å². The number of aromatic nitrogens is 2. The first-order valence-corrected chi connectivity index (χ1v) is 8.42. The molecular formula is C11H18ClN3O3S. The molecule has 1 unspecified atom stereocenters. The average molecular weight is 308 g/mol. The zero-order chi connectivity index (χ0) is 14.6. The number of halogens is 1. The second-order valence-electron chi connectivity index (χ2n) is 4.16. The predicted octanol–water partition coefficient (Wildman–Crippen LogP) is 1.46. The van der Waals surface area contributed by atoms with Crippen molar-refractivity contribution in [2.45, 2.75) is 44.7 Å². The van der Waals surface area contributed by atoms with Crippen LogP contribution in [0.5, 0.6) is 0 Å². The minimum Gasteiger partial charge on any atom is -0.355 e. The van der Waals surface area contributed by atoms with E-state index in [9.17, 15) is 13.2 Å². The molecule has 1 aromatic heterocycles. The second-order valence-corrected chi connectivity index (χ2v) is 6.67. The SMILES string of the molecule is CCCc1nc(S(=O)(=O)Cl)cn1C(C)C(=O)NCC. The number of carbonyl (C=O) groups excluding carboxylic acids is 1. The fourth-order valence-electron chi connectivity index (χ4n) is 1.72. The van der Waals surface area contributed by atoms with Gasteiger partial charge in [0.2, 0.25) is 5.91 Å². The molecule has 8 heteroatoms. The summed E-state index contributed by atoms with van der Waals surface area (Å²) < 4.78 is 24.2. The van der Waals surface area contributed by atoms with E-state index in [1.807, 2.05) is 13.8 Å². The number of nitrogens with one attached hydrogen (secondary N) is 1. The van der Waals surface area contributed by atoms with E-state index in [0.29, 0.717) is 18.8 Å². The van der Waals surface area contributed by atoms with Gasteiger partial charge in [0.15, 0.2) is 5.03 Å². The lowest BCUT2D eigenvalue weighted by atomic mass is 10.2. The van der Waals surface area contributed by atoms with Crippen molar-refractivity contribution >= 4 is 25.6 Å². The smallest absolute Gasteiger partial charge is 0.280 e. The molecule has 0 fully saturated rings. The molecule has 0 saturated carbocycles. The summed E-state index contributed by atoms with van der Waals surface area (Å²) in [6.45, 7) is 5.98. The maximum Gasteiger partial charge on any atom is 0.280 e. The number of hydrogen-bond donors (Lipinski definition) is 1. The van der Waals surface area contributed by atoms with E-state index in [1.165, 1.54) is 6.20 Å². The van der Waals surface area contributed by atoms with Crippen LogP contribution in [0.4, 0.5) is 0 Å². The van der Waals surface area contributed by atoms with Crippen LogP contribution in [-0.4, -0.2) is 30.4 Å². The van der Waals surface area contributed by atoms with Gasteiger partial charge >= 0.3 is 0 Å². The molecule has 0 aliphatic carbocycles. The van der Waals surface area contributed by atoms with Crippen molar-refractivity contribution < 1.29 is 13.2 Å². The molecule has 1 rings (SSSR count). The number of aryl methyl sites for hydroxylation is 1. The van der Waals surface area contributed by atoms with Gasteiger partial charge in [0.1, 0.15) is 11.9 Å². The fraction of sp³-hybridized carbons (Fsp3) is 0.636. The number of amides is 1. The Morgan fingerprint density at radius 1 is 1.53 bits per heavy atom. The highest BCUT2D eigenvalue weighted by atomic mass is 35.7. The Morgan fingerprint density at radius 2 is 2.16 bits per heavy atom. The summed E-state index contributed by atoms with van der Waals surface area (Å²) in [5, 5.41) is 2.48. The molecule has 0 aromatic carbocycles. The number of nitrogens with zero attached hydrogens (tertiary/aromatic N) is 2. The molecule has 0 spiro atoms. The van der Waals surface area contributed by atoms with Crippen molar-refractivity contribution in [2.24, 2.45) is 0 Å². The van der Waals surface area contributed by atoms with Crippen molar-refractivity contribution in [3.8, 4) is 0 Å². The van der Waals surface area contributed by atoms with Crippen molar-refractivity contribution in [3.05, 3.63) is 12.0 Å². The van der Waals surface area contributed by atoms with Gasteiger partial charge in [0, 0.05) is 29.8 Å². The molecular weight excluding hydrogens is 290 g/mol. The van der Waals surface area contributed by atoms with Gasteiger partial charge in [-0.25, -0.2) is 13.4 Å². The van der Waals surface area contributed by atoms with Crippen LogP contribution in [0.3, 0.4) is 0 Å². The molecule has 1 aromatic rings. The maximum absolute atomic E-state index is 11.8. The zero-order valence-electron chi connectivity index (χ0n) is 11.2. The third-order valence-corrected chi connectivity index (χ3v) is 3.83. The Morgan fingerprint density at radius 3 is 2.63 bits per heavy atom. The first-order chi connectivity index (χ1) is 8.81. The highest BCUT2D eigenvalue weighted by molar-refractivity contribution is 8.13. The van der Waals surface area contributed by atoms with E-state index >= 15 is 0 Å². The number of carbonyl (C=O) groups is 1. The largest absolute Gasteiger partial charge is 0.355 e. The van der Waals surface area contributed by atoms with E-state index in [-0.39, 0.29) is 10.9 Å². The quantitative estimate of drug-likeness (QED) is 0.807. The van der Waals surface area contributed by atoms with E-state index < -0.39 is 15.1 Å². The minimum absolute atomic E-state index is 0.184. The van der Waals surface area contributed by atoms with E-state index in [2.05, 4.69) is 10.3 Å². The van der Waals surface area contributed by atoms with Crippen molar-refractivity contribution in [2.75, 3.05) is 6.54 Å². The van der Waals surface area contributed by atoms with Crippen LogP contribution in [0.25, 0.3) is 0 Å². The normalized spacial score (nSPS) is 13.3. The topological polar surface area (TPSA) is 81.1 Å². The predicted molar refractivity (Wildman–Crippen MR) is 72.7 cm³/mol. The van der Waals surface area contributed by atoms with Crippen LogP contribution in [0.1, 0.15) is 39.1 Å². The van der Waals surface area contributed by atoms with Crippen LogP contribution in [0.15, 0.2) is 11.2 Å². The molecule has 0 aliphatic rings. The molecule has 6 nitrogen and oxygen atoms in total. The first-order valence-electron chi connectivity index (χ1n) is 6.11. The van der Waals surface area contributed by atoms with Crippen molar-refractivity contribution in [1.82, 2.24) is 14.9 Å². The Hall–Kier alpha value is -1.08. The summed E-state index contributed by atoms with van der Waals surface area (Å²) in [6, 6.07) is -0.527. The summed E-state index contributed by atoms with van der Waals surface area (Å²) in [5.74, 6) is 0.358. The van der Waals surface area contributed by atoms with Gasteiger partial charge in [-0.2, -0.15) is 0 Å². The van der Waals surface area contributed by atoms with Gasteiger partial charge in [-0.3, -0.25) is 4.79 Å². The fourth-order valence-corrected chi connectivity index (χ4v) is 2.39. The van der Waals surface area contributed by atoms with Crippen LogP contribution < -0.4 is 5.32 Å². The minimum atomic E-state index is -3.89. The molecule has 0 bridgehead atoms. The van der Waals surface area contributed by atoms with Gasteiger partial charge in [-0.1, -0.05) is 6.92 Å². The van der Waals surface area contributed by atoms with Crippen LogP contribution in [0, 0.1) is 0 Å². The van der Waals surface area contributed by atoms with Gasteiger partial charge in [-0.15, -0.1) is 0 Å². The Balaban J connectivity index is 3.17. The number of rotatable bonds is 6. The Bertz CT molecular complexity index is 554. The van der Waals surface area contributed by atoms with Crippen LogP contribution >= 0.6 is 10.7 Å². The summed E-state index contributed by atoms with van der Waals surface area (Å²) in [7, 11) is 1.40. The first kappa shape index (κ1) is 16.0. The third-order valence-electron chi connectivity index (χ3n) is 2.66. The summed E-state index contributed by atoms with van der Waals surface area (Å²) in [4.78, 5) is 15.8. The summed E-state index contributed by atoms with van der Waals surface area (Å²) in [6.07, 6.45) is 2.68. The molecule has 0 radical (unpaired) electrons. The highest BCUT2D eigenvalue weighted by Gasteiger charge is 2.23. The lowest BCUT2D eigenvalue weighted by molar-refractivity contribution is -0.123. The molecule has 0 saturated heterocycles.